The zero-order valence-corrected chi connectivity index (χ0v) is 15.0. The van der Waals surface area contributed by atoms with Crippen LogP contribution in [0.25, 0.3) is 0 Å². The summed E-state index contributed by atoms with van der Waals surface area (Å²) < 4.78 is 0. The molecule has 0 bridgehead atoms. The van der Waals surface area contributed by atoms with Gasteiger partial charge in [0.25, 0.3) is 0 Å². The molecule has 0 spiro atoms. The maximum Gasteiger partial charge on any atom is 0.242 e. The minimum atomic E-state index is -0.360. The van der Waals surface area contributed by atoms with E-state index in [-0.39, 0.29) is 17.9 Å². The monoisotopic (exact) mass is 354 g/mol. The minimum absolute atomic E-state index is 0.0589. The minimum Gasteiger partial charge on any atom is -0.354 e. The number of nitrogens with one attached hydrogen (secondary N) is 1. The maximum atomic E-state index is 12.0. The average Bonchev–Trinajstić information content (AvgIpc) is 2.97. The normalized spacial score (nSPS) is 15.7. The number of rotatable bonds is 8. The largest absolute Gasteiger partial charge is 0.354 e. The van der Waals surface area contributed by atoms with Crippen LogP contribution in [0.2, 0.25) is 5.02 Å². The van der Waals surface area contributed by atoms with Crippen molar-refractivity contribution >= 4 is 35.2 Å². The highest BCUT2D eigenvalue weighted by atomic mass is 35.5. The van der Waals surface area contributed by atoms with Crippen molar-refractivity contribution in [3.05, 3.63) is 34.9 Å². The molecule has 1 aliphatic heterocycles. The SMILES string of the molecule is C[C@@H](C(=O)NCCCSCc1ccccc1Cl)N1CCCC1=O. The molecule has 0 radical (unpaired) electrons. The fourth-order valence-corrected chi connectivity index (χ4v) is 3.80. The van der Waals surface area contributed by atoms with Crippen molar-refractivity contribution in [3.63, 3.8) is 0 Å². The van der Waals surface area contributed by atoms with Crippen LogP contribution in [0.1, 0.15) is 31.7 Å². The molecule has 1 saturated heterocycles. The Bertz CT molecular complexity index is 553. The highest BCUT2D eigenvalue weighted by Gasteiger charge is 2.28. The maximum absolute atomic E-state index is 12.0. The molecular formula is C17H23ClN2O2S. The lowest BCUT2D eigenvalue weighted by molar-refractivity contribution is -0.136. The third-order valence-electron chi connectivity index (χ3n) is 3.94. The van der Waals surface area contributed by atoms with E-state index in [1.807, 2.05) is 24.3 Å². The van der Waals surface area contributed by atoms with E-state index in [9.17, 15) is 9.59 Å². The molecular weight excluding hydrogens is 332 g/mol. The molecule has 1 aliphatic rings. The fraction of sp³-hybridized carbons (Fsp3) is 0.529. The van der Waals surface area contributed by atoms with E-state index in [4.69, 9.17) is 11.6 Å². The van der Waals surface area contributed by atoms with E-state index in [2.05, 4.69) is 5.32 Å². The van der Waals surface area contributed by atoms with Gasteiger partial charge in [-0.1, -0.05) is 29.8 Å². The van der Waals surface area contributed by atoms with E-state index in [1.54, 1.807) is 23.6 Å². The van der Waals surface area contributed by atoms with Crippen LogP contribution < -0.4 is 5.32 Å². The Morgan fingerprint density at radius 3 is 2.91 bits per heavy atom. The zero-order valence-electron chi connectivity index (χ0n) is 13.4. The summed E-state index contributed by atoms with van der Waals surface area (Å²) in [5.41, 5.74) is 1.14. The number of likely N-dealkylation sites (tertiary alicyclic amines) is 1. The predicted octanol–water partition coefficient (Wildman–Crippen LogP) is 3.09. The lowest BCUT2D eigenvalue weighted by atomic mass is 10.2. The predicted molar refractivity (Wildman–Crippen MR) is 95.6 cm³/mol. The zero-order chi connectivity index (χ0) is 16.7. The molecule has 2 amide bonds. The van der Waals surface area contributed by atoms with Crippen LogP contribution in [-0.4, -0.2) is 41.6 Å². The molecule has 0 unspecified atom stereocenters. The van der Waals surface area contributed by atoms with E-state index in [0.717, 1.165) is 34.9 Å². The number of amides is 2. The second-order valence-corrected chi connectivity index (χ2v) is 7.17. The first-order valence-corrected chi connectivity index (χ1v) is 9.51. The fourth-order valence-electron chi connectivity index (χ4n) is 2.55. The van der Waals surface area contributed by atoms with Crippen LogP contribution in [-0.2, 0) is 15.3 Å². The van der Waals surface area contributed by atoms with Gasteiger partial charge in [0, 0.05) is 30.3 Å². The van der Waals surface area contributed by atoms with Gasteiger partial charge < -0.3 is 10.2 Å². The molecule has 1 heterocycles. The van der Waals surface area contributed by atoms with Gasteiger partial charge in [-0.2, -0.15) is 11.8 Å². The van der Waals surface area contributed by atoms with Crippen molar-refractivity contribution in [3.8, 4) is 0 Å². The molecule has 1 aromatic carbocycles. The number of hydrogen-bond donors (Lipinski definition) is 1. The first kappa shape index (κ1) is 18.1. The van der Waals surface area contributed by atoms with Crippen LogP contribution in [0, 0.1) is 0 Å². The van der Waals surface area contributed by atoms with Crippen molar-refractivity contribution in [1.82, 2.24) is 10.2 Å². The average molecular weight is 355 g/mol. The first-order valence-electron chi connectivity index (χ1n) is 7.98. The number of thioether (sulfide) groups is 1. The topological polar surface area (TPSA) is 49.4 Å². The summed E-state index contributed by atoms with van der Waals surface area (Å²) in [4.78, 5) is 25.3. The molecule has 1 aromatic rings. The lowest BCUT2D eigenvalue weighted by Crippen LogP contribution is -2.45. The summed E-state index contributed by atoms with van der Waals surface area (Å²) in [5, 5.41) is 3.72. The van der Waals surface area contributed by atoms with Gasteiger partial charge in [0.15, 0.2) is 0 Å². The summed E-state index contributed by atoms with van der Waals surface area (Å²) in [6, 6.07) is 7.49. The highest BCUT2D eigenvalue weighted by Crippen LogP contribution is 2.21. The van der Waals surface area contributed by atoms with Crippen LogP contribution in [0.15, 0.2) is 24.3 Å². The third kappa shape index (κ3) is 5.43. The van der Waals surface area contributed by atoms with E-state index in [1.165, 1.54) is 0 Å². The number of nitrogens with zero attached hydrogens (tertiary/aromatic N) is 1. The molecule has 6 heteroatoms. The van der Waals surface area contributed by atoms with Crippen LogP contribution in [0.4, 0.5) is 0 Å². The van der Waals surface area contributed by atoms with Gasteiger partial charge >= 0.3 is 0 Å². The molecule has 2 rings (SSSR count). The Balaban J connectivity index is 1.59. The quantitative estimate of drug-likeness (QED) is 0.730. The molecule has 1 atom stereocenters. The Morgan fingerprint density at radius 2 is 2.22 bits per heavy atom. The molecule has 1 fully saturated rings. The number of carbonyl (C=O) groups excluding carboxylic acids is 2. The molecule has 23 heavy (non-hydrogen) atoms. The van der Waals surface area contributed by atoms with E-state index < -0.39 is 0 Å². The standard InChI is InChI=1S/C17H23ClN2O2S/c1-13(20-10-4-8-16(20)21)17(22)19-9-5-11-23-12-14-6-2-3-7-15(14)18/h2-3,6-7,13H,4-5,8-12H2,1H3,(H,19,22)/t13-/m0/s1. The number of hydrogen-bond acceptors (Lipinski definition) is 3. The Labute approximate surface area is 146 Å². The summed E-state index contributed by atoms with van der Waals surface area (Å²) in [5.74, 6) is 1.87. The molecule has 0 aliphatic carbocycles. The van der Waals surface area contributed by atoms with Crippen LogP contribution >= 0.6 is 23.4 Å². The van der Waals surface area contributed by atoms with Crippen molar-refractivity contribution in [2.24, 2.45) is 0 Å². The first-order chi connectivity index (χ1) is 11.1. The lowest BCUT2D eigenvalue weighted by Gasteiger charge is -2.23. The third-order valence-corrected chi connectivity index (χ3v) is 5.40. The summed E-state index contributed by atoms with van der Waals surface area (Å²) in [6.07, 6.45) is 2.33. The smallest absolute Gasteiger partial charge is 0.242 e. The molecule has 0 saturated carbocycles. The molecule has 1 N–H and O–H groups in total. The van der Waals surface area contributed by atoms with Gasteiger partial charge in [0.05, 0.1) is 0 Å². The number of halogens is 1. The van der Waals surface area contributed by atoms with Crippen molar-refractivity contribution in [2.75, 3.05) is 18.8 Å². The Kier molecular flexibility index (Phi) is 7.24. The molecule has 0 aromatic heterocycles. The summed E-state index contributed by atoms with van der Waals surface area (Å²) in [6.45, 7) is 3.13. The molecule has 4 nitrogen and oxygen atoms in total. The Hall–Kier alpha value is -1.20. The summed E-state index contributed by atoms with van der Waals surface area (Å²) in [7, 11) is 0. The van der Waals surface area contributed by atoms with Gasteiger partial charge in [-0.3, -0.25) is 9.59 Å². The van der Waals surface area contributed by atoms with Crippen molar-refractivity contribution in [1.29, 1.82) is 0 Å². The van der Waals surface area contributed by atoms with Crippen molar-refractivity contribution < 1.29 is 9.59 Å². The summed E-state index contributed by atoms with van der Waals surface area (Å²) >= 11 is 7.92. The van der Waals surface area contributed by atoms with E-state index in [0.29, 0.717) is 19.5 Å². The van der Waals surface area contributed by atoms with E-state index >= 15 is 0 Å². The Morgan fingerprint density at radius 1 is 1.43 bits per heavy atom. The van der Waals surface area contributed by atoms with Crippen LogP contribution in [0.3, 0.4) is 0 Å². The van der Waals surface area contributed by atoms with Gasteiger partial charge in [-0.25, -0.2) is 0 Å². The molecule has 126 valence electrons. The second-order valence-electron chi connectivity index (χ2n) is 5.66. The number of carbonyl (C=O) groups is 2. The van der Waals surface area contributed by atoms with Crippen molar-refractivity contribution in [2.45, 2.75) is 38.0 Å². The number of benzene rings is 1. The second kappa shape index (κ2) is 9.18. The van der Waals surface area contributed by atoms with Gasteiger partial charge in [0.2, 0.25) is 11.8 Å². The van der Waals surface area contributed by atoms with Crippen LogP contribution in [0.5, 0.6) is 0 Å². The van der Waals surface area contributed by atoms with Gasteiger partial charge in [-0.05, 0) is 37.1 Å². The van der Waals surface area contributed by atoms with Gasteiger partial charge in [-0.15, -0.1) is 0 Å². The highest BCUT2D eigenvalue weighted by molar-refractivity contribution is 7.98. The van der Waals surface area contributed by atoms with Gasteiger partial charge in [0.1, 0.15) is 6.04 Å².